The number of nitrogens with zero attached hydrogens (tertiary/aromatic N) is 1. The predicted octanol–water partition coefficient (Wildman–Crippen LogP) is -2.62. The molecule has 0 spiro atoms. The second-order valence-corrected chi connectivity index (χ2v) is 4.11. The Morgan fingerprint density at radius 3 is 2.67 bits per heavy atom. The van der Waals surface area contributed by atoms with Crippen LogP contribution < -0.4 is 22.5 Å². The predicted molar refractivity (Wildman–Crippen MR) is 57.3 cm³/mol. The summed E-state index contributed by atoms with van der Waals surface area (Å²) in [6, 6.07) is -0.670. The minimum Gasteiger partial charge on any atom is -0.293 e. The molecule has 1 aliphatic rings. The monoisotopic (exact) mass is 233 g/mol. The Morgan fingerprint density at radius 1 is 1.53 bits per heavy atom. The maximum Gasteiger partial charge on any atom is 0.252 e. The van der Waals surface area contributed by atoms with E-state index in [1.807, 2.05) is 6.26 Å². The molecule has 3 unspecified atom stereocenters. The van der Waals surface area contributed by atoms with E-state index in [0.29, 0.717) is 12.3 Å². The van der Waals surface area contributed by atoms with Gasteiger partial charge in [-0.15, -0.1) is 0 Å². The van der Waals surface area contributed by atoms with Gasteiger partial charge in [-0.3, -0.25) is 25.3 Å². The fourth-order valence-electron chi connectivity index (χ4n) is 1.40. The molecule has 15 heavy (non-hydrogen) atoms. The lowest BCUT2D eigenvalue weighted by Crippen LogP contribution is -2.46. The van der Waals surface area contributed by atoms with Gasteiger partial charge in [-0.1, -0.05) is 0 Å². The minimum absolute atomic E-state index is 0.272. The van der Waals surface area contributed by atoms with E-state index in [1.54, 1.807) is 4.90 Å². The smallest absolute Gasteiger partial charge is 0.252 e. The molecular formula is C7H15N5O2S. The van der Waals surface area contributed by atoms with Gasteiger partial charge in [0.2, 0.25) is 0 Å². The number of nitrogens with one attached hydrogen (secondary N) is 2. The van der Waals surface area contributed by atoms with Gasteiger partial charge in [-0.2, -0.15) is 11.8 Å². The lowest BCUT2D eigenvalue weighted by Gasteiger charge is -2.15. The van der Waals surface area contributed by atoms with Crippen molar-refractivity contribution in [1.82, 2.24) is 15.8 Å². The molecular weight excluding hydrogens is 218 g/mol. The van der Waals surface area contributed by atoms with Crippen LogP contribution in [0.3, 0.4) is 0 Å². The van der Waals surface area contributed by atoms with Crippen LogP contribution in [0.25, 0.3) is 0 Å². The average Bonchev–Trinajstić information content (AvgIpc) is 3.03. The van der Waals surface area contributed by atoms with Crippen molar-refractivity contribution in [3.8, 4) is 0 Å². The van der Waals surface area contributed by atoms with E-state index in [4.69, 9.17) is 11.7 Å². The van der Waals surface area contributed by atoms with Crippen LogP contribution in [0.5, 0.6) is 0 Å². The fraction of sp³-hybridized carbons (Fsp3) is 0.714. The van der Waals surface area contributed by atoms with Crippen LogP contribution in [0.4, 0.5) is 0 Å². The van der Waals surface area contributed by atoms with Gasteiger partial charge in [0.25, 0.3) is 11.8 Å². The van der Waals surface area contributed by atoms with Crippen molar-refractivity contribution in [2.75, 3.05) is 18.6 Å². The first-order valence-corrected chi connectivity index (χ1v) is 5.80. The molecule has 2 amide bonds. The largest absolute Gasteiger partial charge is 0.293 e. The zero-order chi connectivity index (χ0) is 11.4. The highest BCUT2D eigenvalue weighted by molar-refractivity contribution is 7.98. The lowest BCUT2D eigenvalue weighted by atomic mass is 10.3. The molecule has 0 aromatic heterocycles. The van der Waals surface area contributed by atoms with Crippen LogP contribution in [0.1, 0.15) is 0 Å². The Labute approximate surface area is 91.8 Å². The van der Waals surface area contributed by atoms with Gasteiger partial charge in [0.05, 0.1) is 0 Å². The van der Waals surface area contributed by atoms with Crippen LogP contribution in [0, 0.1) is 0 Å². The SMILES string of the molecule is CSCC(C(=O)NN)N1CC1C(=O)NN. The van der Waals surface area contributed by atoms with Crippen LogP contribution in [-0.4, -0.2) is 47.4 Å². The summed E-state index contributed by atoms with van der Waals surface area (Å²) in [5.41, 5.74) is 4.15. The number of nitrogens with two attached hydrogens (primary N) is 2. The Kier molecular flexibility index (Phi) is 4.33. The van der Waals surface area contributed by atoms with Gasteiger partial charge in [0.15, 0.2) is 0 Å². The van der Waals surface area contributed by atoms with Gasteiger partial charge in [0.1, 0.15) is 12.1 Å². The van der Waals surface area contributed by atoms with E-state index in [9.17, 15) is 9.59 Å². The number of thioether (sulfide) groups is 1. The number of carbonyl (C=O) groups excluding carboxylic acids is 2. The Hall–Kier alpha value is -0.830. The molecule has 1 rings (SSSR count). The molecule has 0 aromatic rings. The van der Waals surface area contributed by atoms with E-state index in [1.165, 1.54) is 11.8 Å². The Balaban J connectivity index is 2.53. The molecule has 0 saturated carbocycles. The third-order valence-corrected chi connectivity index (χ3v) is 2.91. The van der Waals surface area contributed by atoms with Gasteiger partial charge < -0.3 is 0 Å². The maximum atomic E-state index is 11.4. The summed E-state index contributed by atoms with van der Waals surface area (Å²) in [7, 11) is 0. The van der Waals surface area contributed by atoms with Crippen molar-refractivity contribution in [1.29, 1.82) is 0 Å². The van der Waals surface area contributed by atoms with E-state index < -0.39 is 0 Å². The second-order valence-electron chi connectivity index (χ2n) is 3.20. The number of amides is 2. The molecule has 1 heterocycles. The molecule has 0 aromatic carbocycles. The third kappa shape index (κ3) is 2.81. The van der Waals surface area contributed by atoms with E-state index in [-0.39, 0.29) is 23.9 Å². The number of carbonyl (C=O) groups is 2. The molecule has 7 nitrogen and oxygen atoms in total. The molecule has 8 heteroatoms. The van der Waals surface area contributed by atoms with E-state index >= 15 is 0 Å². The van der Waals surface area contributed by atoms with Crippen molar-refractivity contribution >= 4 is 23.6 Å². The summed E-state index contributed by atoms with van der Waals surface area (Å²) in [4.78, 5) is 24.3. The molecule has 86 valence electrons. The number of rotatable bonds is 5. The lowest BCUT2D eigenvalue weighted by molar-refractivity contribution is -0.125. The highest BCUT2D eigenvalue weighted by Gasteiger charge is 2.46. The van der Waals surface area contributed by atoms with Gasteiger partial charge in [0, 0.05) is 12.3 Å². The first-order valence-electron chi connectivity index (χ1n) is 4.41. The summed E-state index contributed by atoms with van der Waals surface area (Å²) in [5.74, 6) is 10.1. The highest BCUT2D eigenvalue weighted by atomic mass is 32.2. The van der Waals surface area contributed by atoms with Gasteiger partial charge in [-0.05, 0) is 6.26 Å². The molecule has 1 fully saturated rings. The molecule has 6 N–H and O–H groups in total. The molecule has 0 radical (unpaired) electrons. The molecule has 1 aliphatic heterocycles. The van der Waals surface area contributed by atoms with Crippen molar-refractivity contribution in [2.24, 2.45) is 11.7 Å². The molecule has 0 bridgehead atoms. The number of hydrogen-bond donors (Lipinski definition) is 4. The summed E-state index contributed by atoms with van der Waals surface area (Å²) in [6.45, 7) is 0.543. The zero-order valence-corrected chi connectivity index (χ0v) is 9.21. The first kappa shape index (κ1) is 12.2. The number of hydrazine groups is 2. The van der Waals surface area contributed by atoms with E-state index in [0.717, 1.165) is 0 Å². The Morgan fingerprint density at radius 2 is 2.20 bits per heavy atom. The van der Waals surface area contributed by atoms with Crippen molar-refractivity contribution in [3.05, 3.63) is 0 Å². The topological polar surface area (TPSA) is 113 Å². The average molecular weight is 233 g/mol. The van der Waals surface area contributed by atoms with Crippen LogP contribution in [0.2, 0.25) is 0 Å². The summed E-state index contributed by atoms with van der Waals surface area (Å²) in [5, 5.41) is 0. The fourth-order valence-corrected chi connectivity index (χ4v) is 2.06. The summed E-state index contributed by atoms with van der Waals surface area (Å²) >= 11 is 1.52. The second kappa shape index (κ2) is 5.31. The van der Waals surface area contributed by atoms with Crippen LogP contribution in [0.15, 0.2) is 0 Å². The minimum atomic E-state index is -0.368. The van der Waals surface area contributed by atoms with E-state index in [2.05, 4.69) is 10.9 Å². The number of hydrogen-bond acceptors (Lipinski definition) is 6. The summed E-state index contributed by atoms with van der Waals surface area (Å²) in [6.07, 6.45) is 1.89. The molecule has 3 atom stereocenters. The van der Waals surface area contributed by atoms with Crippen molar-refractivity contribution in [2.45, 2.75) is 12.1 Å². The Bertz CT molecular complexity index is 262. The normalized spacial score (nSPS) is 25.5. The standard InChI is InChI=1S/C7H15N5O2S/c1-15-3-5(7(14)11-9)12-2-4(12)6(13)10-8/h4-5H,2-3,8-9H2,1H3,(H,10,13)(H,11,14). The van der Waals surface area contributed by atoms with Crippen molar-refractivity contribution < 1.29 is 9.59 Å². The van der Waals surface area contributed by atoms with Gasteiger partial charge in [-0.25, -0.2) is 11.7 Å². The van der Waals surface area contributed by atoms with Gasteiger partial charge >= 0.3 is 0 Å². The summed E-state index contributed by atoms with van der Waals surface area (Å²) < 4.78 is 0. The van der Waals surface area contributed by atoms with Crippen LogP contribution in [-0.2, 0) is 9.59 Å². The maximum absolute atomic E-state index is 11.4. The zero-order valence-electron chi connectivity index (χ0n) is 8.40. The third-order valence-electron chi connectivity index (χ3n) is 2.27. The van der Waals surface area contributed by atoms with Crippen LogP contribution >= 0.6 is 11.8 Å². The quantitative estimate of drug-likeness (QED) is 0.179. The molecule has 1 saturated heterocycles. The first-order chi connectivity index (χ1) is 7.15. The molecule has 0 aliphatic carbocycles. The van der Waals surface area contributed by atoms with Crippen molar-refractivity contribution in [3.63, 3.8) is 0 Å². The highest BCUT2D eigenvalue weighted by Crippen LogP contribution is 2.23.